The summed E-state index contributed by atoms with van der Waals surface area (Å²) in [5, 5.41) is 12.1. The number of likely N-dealkylation sites (tertiary alicyclic amines) is 1. The zero-order chi connectivity index (χ0) is 23.7. The molecular weight excluding hydrogens is 432 g/mol. The fraction of sp³-hybridized carbons (Fsp3) is 0.444. The molecule has 1 saturated carbocycles. The van der Waals surface area contributed by atoms with Gasteiger partial charge in [-0.15, -0.1) is 0 Å². The van der Waals surface area contributed by atoms with E-state index in [0.29, 0.717) is 13.0 Å². The number of nitrogens with one attached hydrogen (secondary N) is 1. The highest BCUT2D eigenvalue weighted by molar-refractivity contribution is 5.81. The van der Waals surface area contributed by atoms with E-state index in [-0.39, 0.29) is 37.3 Å². The van der Waals surface area contributed by atoms with Gasteiger partial charge in [0, 0.05) is 18.5 Å². The number of carboxylic acid groups (broad SMARTS) is 1. The summed E-state index contributed by atoms with van der Waals surface area (Å²) in [6.07, 6.45) is 3.63. The minimum Gasteiger partial charge on any atom is -0.481 e. The van der Waals surface area contributed by atoms with Crippen LogP contribution in [0.3, 0.4) is 0 Å². The first kappa shape index (κ1) is 22.4. The molecule has 1 atom stereocenters. The Labute approximate surface area is 199 Å². The van der Waals surface area contributed by atoms with E-state index < -0.39 is 17.6 Å². The number of ether oxygens (including phenoxy) is 1. The summed E-state index contributed by atoms with van der Waals surface area (Å²) in [7, 11) is 0. The normalized spacial score (nSPS) is 20.2. The summed E-state index contributed by atoms with van der Waals surface area (Å²) in [4.78, 5) is 38.6. The lowest BCUT2D eigenvalue weighted by Gasteiger charge is -2.36. The largest absolute Gasteiger partial charge is 0.481 e. The van der Waals surface area contributed by atoms with Gasteiger partial charge in [0.25, 0.3) is 0 Å². The van der Waals surface area contributed by atoms with Gasteiger partial charge < -0.3 is 20.1 Å². The minimum absolute atomic E-state index is 0.0138. The number of aliphatic carboxylic acids is 1. The second-order valence-electron chi connectivity index (χ2n) is 9.74. The molecule has 178 valence electrons. The Bertz CT molecular complexity index is 1060. The molecule has 7 nitrogen and oxygen atoms in total. The highest BCUT2D eigenvalue weighted by Crippen LogP contribution is 2.45. The Hall–Kier alpha value is -3.35. The monoisotopic (exact) mass is 462 g/mol. The average Bonchev–Trinajstić information content (AvgIpc) is 3.49. The molecule has 0 spiro atoms. The number of rotatable bonds is 7. The van der Waals surface area contributed by atoms with Gasteiger partial charge in [0.1, 0.15) is 6.61 Å². The van der Waals surface area contributed by atoms with Crippen molar-refractivity contribution in [3.8, 4) is 11.1 Å². The molecule has 0 unspecified atom stereocenters. The van der Waals surface area contributed by atoms with Crippen LogP contribution < -0.4 is 5.32 Å². The van der Waals surface area contributed by atoms with Crippen LogP contribution in [0.2, 0.25) is 0 Å². The summed E-state index contributed by atoms with van der Waals surface area (Å²) < 4.78 is 5.66. The summed E-state index contributed by atoms with van der Waals surface area (Å²) in [6, 6.07) is 16.1. The van der Waals surface area contributed by atoms with E-state index in [2.05, 4.69) is 29.6 Å². The molecule has 1 aliphatic heterocycles. The number of nitrogens with zero attached hydrogens (tertiary/aromatic N) is 1. The van der Waals surface area contributed by atoms with E-state index >= 15 is 0 Å². The molecular formula is C27H30N2O5. The first-order valence-corrected chi connectivity index (χ1v) is 12.1. The number of carbonyl (C=O) groups excluding carboxylic acids is 2. The molecule has 1 saturated heterocycles. The number of carbonyl (C=O) groups is 3. The quantitative estimate of drug-likeness (QED) is 0.640. The van der Waals surface area contributed by atoms with Gasteiger partial charge in [-0.1, -0.05) is 48.5 Å². The van der Waals surface area contributed by atoms with E-state index in [4.69, 9.17) is 4.74 Å². The number of amides is 2. The van der Waals surface area contributed by atoms with E-state index in [9.17, 15) is 19.5 Å². The summed E-state index contributed by atoms with van der Waals surface area (Å²) >= 11 is 0. The Kier molecular flexibility index (Phi) is 6.02. The number of carboxylic acids is 1. The predicted molar refractivity (Wildman–Crippen MR) is 126 cm³/mol. The molecule has 3 aliphatic rings. The third-order valence-electron chi connectivity index (χ3n) is 7.41. The maximum atomic E-state index is 13.0. The topological polar surface area (TPSA) is 95.9 Å². The van der Waals surface area contributed by atoms with Crippen LogP contribution in [0.1, 0.15) is 62.0 Å². The van der Waals surface area contributed by atoms with Gasteiger partial charge in [-0.3, -0.25) is 9.59 Å². The fourth-order valence-electron chi connectivity index (χ4n) is 5.48. The standard InChI is InChI=1S/C27H30N2O5/c30-24(29-14-6-5-7-18(29)15-25(31)32)16-27(12-13-27)28-26(33)34-17-23-21-10-3-1-8-19(21)20-9-2-4-11-22(20)23/h1-4,8-11,18,23H,5-7,12-17H2,(H,28,33)(H,31,32)/t18-/m0/s1. The second-order valence-corrected chi connectivity index (χ2v) is 9.74. The maximum Gasteiger partial charge on any atom is 0.407 e. The van der Waals surface area contributed by atoms with Crippen molar-refractivity contribution in [2.45, 2.75) is 62.4 Å². The molecule has 0 bridgehead atoms. The van der Waals surface area contributed by atoms with Crippen molar-refractivity contribution in [2.24, 2.45) is 0 Å². The van der Waals surface area contributed by atoms with E-state index in [1.54, 1.807) is 4.90 Å². The predicted octanol–water partition coefficient (Wildman–Crippen LogP) is 4.30. The number of benzene rings is 2. The SMILES string of the molecule is O=C(O)C[C@@H]1CCCCN1C(=O)CC1(NC(=O)OCC2c3ccccc3-c3ccccc32)CC1. The Balaban J connectivity index is 1.19. The van der Waals surface area contributed by atoms with Crippen molar-refractivity contribution in [1.82, 2.24) is 10.2 Å². The first-order valence-electron chi connectivity index (χ1n) is 12.1. The highest BCUT2D eigenvalue weighted by atomic mass is 16.5. The number of hydrogen-bond acceptors (Lipinski definition) is 4. The molecule has 2 fully saturated rings. The first-order chi connectivity index (χ1) is 16.5. The molecule has 7 heteroatoms. The summed E-state index contributed by atoms with van der Waals surface area (Å²) in [6.45, 7) is 0.814. The summed E-state index contributed by atoms with van der Waals surface area (Å²) in [5.74, 6) is -0.981. The third-order valence-corrected chi connectivity index (χ3v) is 7.41. The molecule has 0 aromatic heterocycles. The highest BCUT2D eigenvalue weighted by Gasteiger charge is 2.47. The van der Waals surface area contributed by atoms with Crippen LogP contribution >= 0.6 is 0 Å². The Morgan fingerprint density at radius 2 is 1.65 bits per heavy atom. The van der Waals surface area contributed by atoms with E-state index in [1.807, 2.05) is 24.3 Å². The van der Waals surface area contributed by atoms with Gasteiger partial charge in [0.15, 0.2) is 0 Å². The van der Waals surface area contributed by atoms with Crippen LogP contribution in [0.5, 0.6) is 0 Å². The van der Waals surface area contributed by atoms with Crippen molar-refractivity contribution in [3.05, 3.63) is 59.7 Å². The van der Waals surface area contributed by atoms with Crippen LogP contribution in [0.15, 0.2) is 48.5 Å². The molecule has 34 heavy (non-hydrogen) atoms. The molecule has 0 radical (unpaired) electrons. The van der Waals surface area contributed by atoms with Gasteiger partial charge in [-0.2, -0.15) is 0 Å². The zero-order valence-corrected chi connectivity index (χ0v) is 19.2. The number of alkyl carbamates (subject to hydrolysis) is 1. The molecule has 1 heterocycles. The van der Waals surface area contributed by atoms with E-state index in [0.717, 1.165) is 36.8 Å². The number of piperidine rings is 1. The average molecular weight is 463 g/mol. The van der Waals surface area contributed by atoms with Gasteiger partial charge >= 0.3 is 12.1 Å². The van der Waals surface area contributed by atoms with Crippen molar-refractivity contribution in [3.63, 3.8) is 0 Å². The van der Waals surface area contributed by atoms with E-state index in [1.165, 1.54) is 11.1 Å². The van der Waals surface area contributed by atoms with Crippen molar-refractivity contribution in [2.75, 3.05) is 13.2 Å². The molecule has 2 aromatic rings. The maximum absolute atomic E-state index is 13.0. The lowest BCUT2D eigenvalue weighted by Crippen LogP contribution is -2.48. The number of hydrogen-bond donors (Lipinski definition) is 2. The fourth-order valence-corrected chi connectivity index (χ4v) is 5.48. The molecule has 2 aromatic carbocycles. The second kappa shape index (κ2) is 9.12. The van der Waals surface area contributed by atoms with Crippen LogP contribution in [0.4, 0.5) is 4.79 Å². The minimum atomic E-state index is -0.886. The Morgan fingerprint density at radius 3 is 2.26 bits per heavy atom. The lowest BCUT2D eigenvalue weighted by atomic mass is 9.98. The van der Waals surface area contributed by atoms with Crippen molar-refractivity contribution < 1.29 is 24.2 Å². The van der Waals surface area contributed by atoms with Crippen LogP contribution in [0, 0.1) is 0 Å². The number of fused-ring (bicyclic) bond motifs is 3. The van der Waals surface area contributed by atoms with Gasteiger partial charge in [0.05, 0.1) is 18.4 Å². The van der Waals surface area contributed by atoms with Crippen LogP contribution in [0.25, 0.3) is 11.1 Å². The molecule has 5 rings (SSSR count). The zero-order valence-electron chi connectivity index (χ0n) is 19.2. The lowest BCUT2D eigenvalue weighted by molar-refractivity contribution is -0.142. The third kappa shape index (κ3) is 4.52. The van der Waals surface area contributed by atoms with Crippen molar-refractivity contribution in [1.29, 1.82) is 0 Å². The smallest absolute Gasteiger partial charge is 0.407 e. The molecule has 2 aliphatic carbocycles. The molecule has 2 N–H and O–H groups in total. The summed E-state index contributed by atoms with van der Waals surface area (Å²) in [5.41, 5.74) is 4.08. The molecule has 2 amide bonds. The van der Waals surface area contributed by atoms with Crippen LogP contribution in [-0.4, -0.2) is 52.7 Å². The Morgan fingerprint density at radius 1 is 1.00 bits per heavy atom. The van der Waals surface area contributed by atoms with Crippen molar-refractivity contribution >= 4 is 18.0 Å². The van der Waals surface area contributed by atoms with Gasteiger partial charge in [0.2, 0.25) is 5.91 Å². The van der Waals surface area contributed by atoms with Gasteiger partial charge in [-0.25, -0.2) is 4.79 Å². The van der Waals surface area contributed by atoms with Crippen LogP contribution in [-0.2, 0) is 14.3 Å². The van der Waals surface area contributed by atoms with Gasteiger partial charge in [-0.05, 0) is 54.4 Å².